The monoisotopic (exact) mass is 580 g/mol. The Hall–Kier alpha value is -4.59. The van der Waals surface area contributed by atoms with E-state index in [9.17, 15) is 40.5 Å². The predicted molar refractivity (Wildman–Crippen MR) is 148 cm³/mol. The van der Waals surface area contributed by atoms with Gasteiger partial charge < -0.3 is 54.4 Å². The standard InChI is InChI=1S/C30H28O12/c31-17-7-3-15(4-8-17)2-1-11-39-14-22-24(35)26(37)27(38)30(41-22)42-29-25(36)23-20(34)12-19(33)13-21(23)40-28(29)16-5-9-18(32)10-6-16/h1-10,12-13,22,24,26-27,30-35,37-38H,11,14H2/b2-1+/t22-,24-,26+,27-,30+/m1/s1. The molecule has 0 unspecified atom stereocenters. The van der Waals surface area contributed by atoms with Crippen molar-refractivity contribution in [3.8, 4) is 40.1 Å². The fraction of sp³-hybridized carbons (Fsp3) is 0.233. The van der Waals surface area contributed by atoms with Crippen molar-refractivity contribution in [2.75, 3.05) is 13.2 Å². The van der Waals surface area contributed by atoms with E-state index in [1.807, 2.05) is 0 Å². The Kier molecular flexibility index (Phi) is 8.34. The summed E-state index contributed by atoms with van der Waals surface area (Å²) in [6.07, 6.45) is -4.51. The zero-order valence-corrected chi connectivity index (χ0v) is 21.9. The van der Waals surface area contributed by atoms with Gasteiger partial charge in [-0.2, -0.15) is 0 Å². The summed E-state index contributed by atoms with van der Waals surface area (Å²) in [4.78, 5) is 13.5. The highest BCUT2D eigenvalue weighted by molar-refractivity contribution is 5.88. The molecular formula is C30H28O12. The quantitative estimate of drug-likeness (QED) is 0.150. The van der Waals surface area contributed by atoms with Crippen molar-refractivity contribution in [3.05, 3.63) is 82.5 Å². The van der Waals surface area contributed by atoms with Gasteiger partial charge in [0.25, 0.3) is 0 Å². The minimum Gasteiger partial charge on any atom is -0.508 e. The van der Waals surface area contributed by atoms with Crippen LogP contribution in [0.4, 0.5) is 0 Å². The smallest absolute Gasteiger partial charge is 0.239 e. The van der Waals surface area contributed by atoms with Gasteiger partial charge in [-0.15, -0.1) is 0 Å². The molecule has 5 rings (SSSR count). The number of rotatable bonds is 8. The van der Waals surface area contributed by atoms with Crippen LogP contribution >= 0.6 is 0 Å². The fourth-order valence-electron chi connectivity index (χ4n) is 4.47. The minimum atomic E-state index is -1.80. The molecule has 0 saturated carbocycles. The third-order valence-corrected chi connectivity index (χ3v) is 6.65. The average Bonchev–Trinajstić information content (AvgIpc) is 2.96. The van der Waals surface area contributed by atoms with Crippen molar-refractivity contribution in [3.63, 3.8) is 0 Å². The van der Waals surface area contributed by atoms with Crippen molar-refractivity contribution in [2.24, 2.45) is 0 Å². The van der Waals surface area contributed by atoms with E-state index >= 15 is 0 Å². The van der Waals surface area contributed by atoms with Crippen LogP contribution in [0, 0.1) is 0 Å². The van der Waals surface area contributed by atoms with Gasteiger partial charge in [0, 0.05) is 17.7 Å². The molecule has 5 atom stereocenters. The molecule has 4 aromatic rings. The first-order valence-corrected chi connectivity index (χ1v) is 12.8. The van der Waals surface area contributed by atoms with E-state index < -0.39 is 47.6 Å². The highest BCUT2D eigenvalue weighted by Gasteiger charge is 2.45. The molecular weight excluding hydrogens is 552 g/mol. The Labute approximate surface area is 238 Å². The lowest BCUT2D eigenvalue weighted by molar-refractivity contribution is -0.279. The van der Waals surface area contributed by atoms with Crippen LogP contribution < -0.4 is 10.2 Å². The van der Waals surface area contributed by atoms with E-state index in [2.05, 4.69) is 0 Å². The van der Waals surface area contributed by atoms with Gasteiger partial charge in [-0.25, -0.2) is 0 Å². The molecule has 1 aromatic heterocycles. The van der Waals surface area contributed by atoms with Crippen molar-refractivity contribution < 1.29 is 54.4 Å². The molecule has 1 aliphatic heterocycles. The van der Waals surface area contributed by atoms with Gasteiger partial charge in [0.05, 0.1) is 13.2 Å². The molecule has 0 aliphatic carbocycles. The number of hydrogen-bond acceptors (Lipinski definition) is 12. The summed E-state index contributed by atoms with van der Waals surface area (Å²) in [5.41, 5.74) is 0.0357. The lowest BCUT2D eigenvalue weighted by Crippen LogP contribution is -2.60. The predicted octanol–water partition coefficient (Wildman–Crippen LogP) is 2.20. The van der Waals surface area contributed by atoms with E-state index in [1.165, 1.54) is 36.4 Å². The number of benzene rings is 3. The van der Waals surface area contributed by atoms with Gasteiger partial charge >= 0.3 is 0 Å². The molecule has 1 fully saturated rings. The number of hydrogen-bond donors (Lipinski definition) is 7. The number of phenols is 4. The van der Waals surface area contributed by atoms with Crippen LogP contribution in [0.25, 0.3) is 28.4 Å². The van der Waals surface area contributed by atoms with E-state index in [-0.39, 0.29) is 52.8 Å². The minimum absolute atomic E-state index is 0.0662. The molecule has 0 amide bonds. The second-order valence-corrected chi connectivity index (χ2v) is 9.64. The first-order chi connectivity index (χ1) is 20.1. The molecule has 42 heavy (non-hydrogen) atoms. The van der Waals surface area contributed by atoms with Crippen LogP contribution in [0.3, 0.4) is 0 Å². The van der Waals surface area contributed by atoms with E-state index in [1.54, 1.807) is 24.3 Å². The van der Waals surface area contributed by atoms with Gasteiger partial charge in [-0.05, 0) is 42.0 Å². The number of fused-ring (bicyclic) bond motifs is 1. The maximum Gasteiger partial charge on any atom is 0.239 e. The van der Waals surface area contributed by atoms with Crippen LogP contribution in [0.15, 0.2) is 76.0 Å². The summed E-state index contributed by atoms with van der Waals surface area (Å²) in [6, 6.07) is 14.1. The maximum atomic E-state index is 13.5. The summed E-state index contributed by atoms with van der Waals surface area (Å²) >= 11 is 0. The summed E-state index contributed by atoms with van der Waals surface area (Å²) < 4.78 is 22.9. The van der Waals surface area contributed by atoms with Gasteiger partial charge in [-0.1, -0.05) is 24.3 Å². The van der Waals surface area contributed by atoms with Crippen LogP contribution in [0.2, 0.25) is 0 Å². The van der Waals surface area contributed by atoms with Crippen LogP contribution in [0.1, 0.15) is 5.56 Å². The number of phenolic OH excluding ortho intramolecular Hbond substituents is 4. The van der Waals surface area contributed by atoms with Crippen LogP contribution in [-0.2, 0) is 9.47 Å². The zero-order valence-electron chi connectivity index (χ0n) is 21.9. The van der Waals surface area contributed by atoms with Crippen molar-refractivity contribution in [1.82, 2.24) is 0 Å². The SMILES string of the molecule is O=c1c(O[C@@H]2O[C@H](COC/C=C/c3ccc(O)cc3)[C@@H](O)[C@H](O)[C@H]2O)c(-c2ccc(O)cc2)oc2cc(O)cc(O)c12. The third kappa shape index (κ3) is 6.03. The fourth-order valence-corrected chi connectivity index (χ4v) is 4.47. The molecule has 12 heteroatoms. The molecule has 1 aliphatic rings. The Bertz CT molecular complexity index is 1630. The first-order valence-electron chi connectivity index (χ1n) is 12.8. The Balaban J connectivity index is 1.40. The topological polar surface area (TPSA) is 200 Å². The highest BCUT2D eigenvalue weighted by Crippen LogP contribution is 2.37. The molecule has 7 N–H and O–H groups in total. The molecule has 3 aromatic carbocycles. The van der Waals surface area contributed by atoms with E-state index in [0.717, 1.165) is 17.7 Å². The van der Waals surface area contributed by atoms with Crippen molar-refractivity contribution >= 4 is 17.0 Å². The molecule has 12 nitrogen and oxygen atoms in total. The number of aliphatic hydroxyl groups is 3. The molecule has 220 valence electrons. The summed E-state index contributed by atoms with van der Waals surface area (Å²) in [7, 11) is 0. The van der Waals surface area contributed by atoms with Gasteiger partial charge in [0.1, 0.15) is 58.4 Å². The van der Waals surface area contributed by atoms with Gasteiger partial charge in [-0.3, -0.25) is 4.79 Å². The summed E-state index contributed by atoms with van der Waals surface area (Å²) in [5, 5.41) is 70.7. The number of aliphatic hydroxyl groups excluding tert-OH is 3. The highest BCUT2D eigenvalue weighted by atomic mass is 16.7. The largest absolute Gasteiger partial charge is 0.508 e. The van der Waals surface area contributed by atoms with Crippen molar-refractivity contribution in [1.29, 1.82) is 0 Å². The average molecular weight is 581 g/mol. The lowest BCUT2D eigenvalue weighted by Gasteiger charge is -2.40. The molecule has 0 radical (unpaired) electrons. The van der Waals surface area contributed by atoms with E-state index in [0.29, 0.717) is 0 Å². The molecule has 2 heterocycles. The third-order valence-electron chi connectivity index (χ3n) is 6.65. The zero-order chi connectivity index (χ0) is 30.0. The second-order valence-electron chi connectivity index (χ2n) is 9.64. The Morgan fingerprint density at radius 3 is 2.17 bits per heavy atom. The maximum absolute atomic E-state index is 13.5. The Morgan fingerprint density at radius 2 is 1.48 bits per heavy atom. The number of ether oxygens (including phenoxy) is 3. The van der Waals surface area contributed by atoms with Gasteiger partial charge in [0.15, 0.2) is 5.76 Å². The molecule has 0 spiro atoms. The van der Waals surface area contributed by atoms with Crippen LogP contribution in [0.5, 0.6) is 28.7 Å². The van der Waals surface area contributed by atoms with Crippen molar-refractivity contribution in [2.45, 2.75) is 30.7 Å². The first kappa shape index (κ1) is 28.9. The normalized spacial score (nSPS) is 22.5. The molecule has 0 bridgehead atoms. The Morgan fingerprint density at radius 1 is 0.810 bits per heavy atom. The lowest BCUT2D eigenvalue weighted by atomic mass is 9.99. The van der Waals surface area contributed by atoms with E-state index in [4.69, 9.17) is 18.6 Å². The second kappa shape index (κ2) is 12.1. The molecule has 1 saturated heterocycles. The van der Waals surface area contributed by atoms with Crippen LogP contribution in [-0.4, -0.2) is 79.7 Å². The summed E-state index contributed by atoms with van der Waals surface area (Å²) in [6.45, 7) is -0.120. The number of aromatic hydroxyl groups is 4. The van der Waals surface area contributed by atoms with Gasteiger partial charge in [0.2, 0.25) is 17.5 Å². The summed E-state index contributed by atoms with van der Waals surface area (Å²) in [5.74, 6) is -1.56.